The molecule has 0 radical (unpaired) electrons. The van der Waals surface area contributed by atoms with Crippen molar-refractivity contribution in [3.63, 3.8) is 0 Å². The second-order valence-corrected chi connectivity index (χ2v) is 10.00. The molecule has 1 aromatic carbocycles. The standard InChI is InChI=1S/C13H18N2O5S2/c1-13(2)10-14(7-8-21(13)18)22(19,20)9-11-3-5-12(6-4-11)15(16)17/h3-6H,7-10H2,1-2H3/t21-/m0/s1. The van der Waals surface area contributed by atoms with Gasteiger partial charge in [-0.3, -0.25) is 14.3 Å². The molecule has 0 aliphatic carbocycles. The van der Waals surface area contributed by atoms with Gasteiger partial charge in [0.15, 0.2) is 0 Å². The van der Waals surface area contributed by atoms with Crippen LogP contribution in [0.2, 0.25) is 0 Å². The zero-order chi connectivity index (χ0) is 16.5. The Morgan fingerprint density at radius 3 is 2.41 bits per heavy atom. The monoisotopic (exact) mass is 346 g/mol. The number of nitro benzene ring substituents is 1. The third-order valence-corrected chi connectivity index (χ3v) is 7.30. The molecule has 0 N–H and O–H groups in total. The van der Waals surface area contributed by atoms with E-state index in [2.05, 4.69) is 0 Å². The minimum absolute atomic E-state index is 0.0735. The Bertz CT molecular complexity index is 698. The van der Waals surface area contributed by atoms with Crippen molar-refractivity contribution in [2.24, 2.45) is 0 Å². The van der Waals surface area contributed by atoms with E-state index in [1.807, 2.05) is 0 Å². The van der Waals surface area contributed by atoms with Gasteiger partial charge in [-0.25, -0.2) is 8.42 Å². The number of rotatable bonds is 4. The molecule has 1 aliphatic heterocycles. The molecule has 9 heteroatoms. The number of hydrogen-bond acceptors (Lipinski definition) is 5. The van der Waals surface area contributed by atoms with Gasteiger partial charge in [-0.15, -0.1) is 0 Å². The molecule has 0 aromatic heterocycles. The highest BCUT2D eigenvalue weighted by Gasteiger charge is 2.38. The fraction of sp³-hybridized carbons (Fsp3) is 0.538. The third kappa shape index (κ3) is 3.71. The van der Waals surface area contributed by atoms with E-state index in [1.165, 1.54) is 28.6 Å². The first-order chi connectivity index (χ1) is 10.1. The van der Waals surface area contributed by atoms with Crippen molar-refractivity contribution in [2.45, 2.75) is 24.3 Å². The molecule has 1 heterocycles. The van der Waals surface area contributed by atoms with Crippen LogP contribution in [0.25, 0.3) is 0 Å². The predicted octanol–water partition coefficient (Wildman–Crippen LogP) is 1.27. The Kier molecular flexibility index (Phi) is 4.69. The number of nitro groups is 1. The van der Waals surface area contributed by atoms with Gasteiger partial charge in [0.1, 0.15) is 0 Å². The van der Waals surface area contributed by atoms with Crippen molar-refractivity contribution in [1.82, 2.24) is 4.31 Å². The first kappa shape index (κ1) is 17.0. The van der Waals surface area contributed by atoms with Crippen LogP contribution >= 0.6 is 0 Å². The van der Waals surface area contributed by atoms with Crippen LogP contribution in [0.15, 0.2) is 24.3 Å². The Hall–Kier alpha value is -1.32. The molecule has 122 valence electrons. The van der Waals surface area contributed by atoms with Gasteiger partial charge >= 0.3 is 0 Å². The normalized spacial score (nSPS) is 22.4. The van der Waals surface area contributed by atoms with Gasteiger partial charge in [0.25, 0.3) is 5.69 Å². The van der Waals surface area contributed by atoms with E-state index in [4.69, 9.17) is 0 Å². The zero-order valence-electron chi connectivity index (χ0n) is 12.4. The summed E-state index contributed by atoms with van der Waals surface area (Å²) < 4.78 is 37.6. The van der Waals surface area contributed by atoms with E-state index >= 15 is 0 Å². The highest BCUT2D eigenvalue weighted by Crippen LogP contribution is 2.24. The molecular weight excluding hydrogens is 328 g/mol. The van der Waals surface area contributed by atoms with Crippen LogP contribution in [0.1, 0.15) is 19.4 Å². The molecule has 0 unspecified atom stereocenters. The highest BCUT2D eigenvalue weighted by atomic mass is 32.2. The number of sulfonamides is 1. The van der Waals surface area contributed by atoms with Crippen molar-refractivity contribution in [3.8, 4) is 0 Å². The summed E-state index contributed by atoms with van der Waals surface area (Å²) in [5.41, 5.74) is 0.422. The van der Waals surface area contributed by atoms with E-state index in [9.17, 15) is 22.7 Å². The average Bonchev–Trinajstić information content (AvgIpc) is 2.41. The van der Waals surface area contributed by atoms with Crippen LogP contribution in [0.3, 0.4) is 0 Å². The first-order valence-corrected chi connectivity index (χ1v) is 9.64. The largest absolute Gasteiger partial charge is 0.269 e. The molecule has 1 atom stereocenters. The van der Waals surface area contributed by atoms with Gasteiger partial charge in [-0.2, -0.15) is 4.31 Å². The maximum atomic E-state index is 12.5. The Balaban J connectivity index is 2.14. The maximum Gasteiger partial charge on any atom is 0.269 e. The quantitative estimate of drug-likeness (QED) is 0.604. The lowest BCUT2D eigenvalue weighted by Gasteiger charge is -2.36. The second-order valence-electron chi connectivity index (χ2n) is 5.82. The number of benzene rings is 1. The summed E-state index contributed by atoms with van der Waals surface area (Å²) in [5.74, 6) is 0.111. The summed E-state index contributed by atoms with van der Waals surface area (Å²) in [5, 5.41) is 10.6. The molecule has 1 fully saturated rings. The van der Waals surface area contributed by atoms with Gasteiger partial charge < -0.3 is 0 Å². The van der Waals surface area contributed by atoms with Gasteiger partial charge in [0.2, 0.25) is 10.0 Å². The van der Waals surface area contributed by atoms with Gasteiger partial charge in [0, 0.05) is 41.8 Å². The van der Waals surface area contributed by atoms with Crippen molar-refractivity contribution in [2.75, 3.05) is 18.8 Å². The van der Waals surface area contributed by atoms with Gasteiger partial charge in [-0.1, -0.05) is 12.1 Å². The van der Waals surface area contributed by atoms with Crippen molar-refractivity contribution in [1.29, 1.82) is 0 Å². The van der Waals surface area contributed by atoms with E-state index < -0.39 is 30.5 Å². The van der Waals surface area contributed by atoms with Crippen LogP contribution < -0.4 is 0 Å². The number of hydrogen-bond donors (Lipinski definition) is 0. The second kappa shape index (κ2) is 6.05. The molecule has 2 rings (SSSR count). The lowest BCUT2D eigenvalue weighted by atomic mass is 10.2. The van der Waals surface area contributed by atoms with Crippen LogP contribution in [0.4, 0.5) is 5.69 Å². The summed E-state index contributed by atoms with van der Waals surface area (Å²) in [7, 11) is -4.58. The molecule has 7 nitrogen and oxygen atoms in total. The van der Waals surface area contributed by atoms with Crippen molar-refractivity contribution in [3.05, 3.63) is 39.9 Å². The summed E-state index contributed by atoms with van der Waals surface area (Å²) in [4.78, 5) is 10.1. The topological polar surface area (TPSA) is 97.6 Å². The zero-order valence-corrected chi connectivity index (χ0v) is 14.0. The summed E-state index contributed by atoms with van der Waals surface area (Å²) in [6, 6.07) is 5.48. The molecule has 0 saturated carbocycles. The van der Waals surface area contributed by atoms with Crippen molar-refractivity contribution < 1.29 is 17.6 Å². The smallest absolute Gasteiger partial charge is 0.259 e. The van der Waals surface area contributed by atoms with Crippen LogP contribution in [0, 0.1) is 10.1 Å². The first-order valence-electron chi connectivity index (χ1n) is 6.71. The number of nitrogens with zero attached hydrogens (tertiary/aromatic N) is 2. The highest BCUT2D eigenvalue weighted by molar-refractivity contribution is 7.89. The Morgan fingerprint density at radius 2 is 1.91 bits per heavy atom. The van der Waals surface area contributed by atoms with Gasteiger partial charge in [-0.05, 0) is 19.4 Å². The molecule has 1 saturated heterocycles. The fourth-order valence-corrected chi connectivity index (χ4v) is 5.41. The van der Waals surface area contributed by atoms with E-state index in [0.29, 0.717) is 11.3 Å². The van der Waals surface area contributed by atoms with Crippen LogP contribution in [-0.4, -0.2) is 45.4 Å². The van der Waals surface area contributed by atoms with E-state index in [0.717, 1.165) is 0 Å². The molecular formula is C13H18N2O5S2. The number of non-ortho nitro benzene ring substituents is 1. The minimum Gasteiger partial charge on any atom is -0.259 e. The van der Waals surface area contributed by atoms with E-state index in [1.54, 1.807) is 13.8 Å². The minimum atomic E-state index is -3.53. The van der Waals surface area contributed by atoms with Crippen LogP contribution in [0.5, 0.6) is 0 Å². The summed E-state index contributed by atoms with van der Waals surface area (Å²) in [6.45, 7) is 4.04. The summed E-state index contributed by atoms with van der Waals surface area (Å²) >= 11 is 0. The predicted molar refractivity (Wildman–Crippen MR) is 84.4 cm³/mol. The lowest BCUT2D eigenvalue weighted by molar-refractivity contribution is -0.384. The SMILES string of the molecule is CC1(C)CN(S(=O)(=O)Cc2ccc([N+](=O)[O-])cc2)CC[S@@]1=O. The molecule has 1 aliphatic rings. The molecule has 0 spiro atoms. The average molecular weight is 346 g/mol. The molecule has 0 amide bonds. The van der Waals surface area contributed by atoms with Gasteiger partial charge in [0.05, 0.1) is 15.4 Å². The summed E-state index contributed by atoms with van der Waals surface area (Å²) in [6.07, 6.45) is 0. The Morgan fingerprint density at radius 1 is 1.32 bits per heavy atom. The van der Waals surface area contributed by atoms with Crippen LogP contribution in [-0.2, 0) is 26.6 Å². The molecule has 0 bridgehead atoms. The molecule has 22 heavy (non-hydrogen) atoms. The maximum absolute atomic E-state index is 12.5. The lowest BCUT2D eigenvalue weighted by Crippen LogP contribution is -2.52. The fourth-order valence-electron chi connectivity index (χ4n) is 2.29. The third-order valence-electron chi connectivity index (χ3n) is 3.59. The molecule has 1 aromatic rings. The van der Waals surface area contributed by atoms with E-state index in [-0.39, 0.29) is 24.5 Å². The Labute approximate surface area is 132 Å². The van der Waals surface area contributed by atoms with Crippen molar-refractivity contribution >= 4 is 26.5 Å².